The number of hydrogen-bond donors (Lipinski definition) is 0. The van der Waals surface area contributed by atoms with E-state index in [2.05, 4.69) is 180 Å². The molecule has 0 unspecified atom stereocenters. The van der Waals surface area contributed by atoms with Gasteiger partial charge in [-0.1, -0.05) is 164 Å². The molecule has 0 radical (unpaired) electrons. The molecule has 0 aliphatic heterocycles. The molecule has 11 aromatic rings. The van der Waals surface area contributed by atoms with Crippen molar-refractivity contribution in [1.29, 1.82) is 0 Å². The lowest BCUT2D eigenvalue weighted by atomic mass is 9.92. The van der Waals surface area contributed by atoms with Crippen LogP contribution in [0.2, 0.25) is 0 Å². The summed E-state index contributed by atoms with van der Waals surface area (Å²) >= 11 is 0. The van der Waals surface area contributed by atoms with Crippen LogP contribution in [0.3, 0.4) is 0 Å². The Labute approximate surface area is 329 Å². The van der Waals surface area contributed by atoms with Gasteiger partial charge in [0.25, 0.3) is 0 Å². The van der Waals surface area contributed by atoms with Crippen LogP contribution >= 0.6 is 0 Å². The Bertz CT molecular complexity index is 3230. The van der Waals surface area contributed by atoms with E-state index >= 15 is 0 Å². The van der Waals surface area contributed by atoms with E-state index in [0.717, 1.165) is 77.5 Å². The molecule has 11 rings (SSSR count). The van der Waals surface area contributed by atoms with Crippen LogP contribution in [0.4, 0.5) is 0 Å². The molecule has 0 atom stereocenters. The van der Waals surface area contributed by atoms with Gasteiger partial charge in [0.05, 0.1) is 22.2 Å². The third-order valence-corrected chi connectivity index (χ3v) is 10.8. The zero-order chi connectivity index (χ0) is 37.7. The lowest BCUT2D eigenvalue weighted by molar-refractivity contribution is 1.07. The van der Waals surface area contributed by atoms with Gasteiger partial charge in [0, 0.05) is 44.1 Å². The van der Waals surface area contributed by atoms with E-state index in [1.165, 1.54) is 10.8 Å². The fourth-order valence-electron chi connectivity index (χ4n) is 8.22. The summed E-state index contributed by atoms with van der Waals surface area (Å²) < 4.78 is 2.32. The van der Waals surface area contributed by atoms with E-state index in [1.54, 1.807) is 0 Å². The van der Waals surface area contributed by atoms with Gasteiger partial charge in [-0.2, -0.15) is 0 Å². The van der Waals surface area contributed by atoms with Gasteiger partial charge < -0.3 is 4.57 Å². The summed E-state index contributed by atoms with van der Waals surface area (Å²) in [4.78, 5) is 21.0. The molecule has 0 aliphatic carbocycles. The molecular formula is C52H33N5. The van der Waals surface area contributed by atoms with Gasteiger partial charge in [-0.15, -0.1) is 0 Å². The van der Waals surface area contributed by atoms with E-state index in [4.69, 9.17) is 19.9 Å². The van der Waals surface area contributed by atoms with Gasteiger partial charge in [0.15, 0.2) is 17.5 Å². The normalized spacial score (nSPS) is 11.5. The highest BCUT2D eigenvalue weighted by Crippen LogP contribution is 2.41. The molecule has 3 heterocycles. The molecule has 266 valence electrons. The van der Waals surface area contributed by atoms with E-state index in [0.29, 0.717) is 17.5 Å². The predicted molar refractivity (Wildman–Crippen MR) is 234 cm³/mol. The molecule has 5 nitrogen and oxygen atoms in total. The molecule has 0 spiro atoms. The zero-order valence-corrected chi connectivity index (χ0v) is 30.8. The standard InChI is InChI=1S/C52H33N5/c1-4-17-34(18-5-1)43-32-45(35-19-6-2-7-20-35)53-46-33-44(39-25-10-11-28-42(39)49(43)46)52-55-50(36-21-8-3-9-22-36)54-51(56-52)37-23-16-24-38(31-37)57-47-29-14-12-26-40(47)41-27-13-15-30-48(41)57/h1-33H. The summed E-state index contributed by atoms with van der Waals surface area (Å²) in [7, 11) is 0. The number of benzene rings is 8. The van der Waals surface area contributed by atoms with Gasteiger partial charge in [0.1, 0.15) is 0 Å². The zero-order valence-electron chi connectivity index (χ0n) is 30.8. The summed E-state index contributed by atoms with van der Waals surface area (Å²) in [6, 6.07) is 69.7. The Hall–Kier alpha value is -7.76. The summed E-state index contributed by atoms with van der Waals surface area (Å²) in [5.41, 5.74) is 11.2. The predicted octanol–water partition coefficient (Wildman–Crippen LogP) is 13.0. The molecule has 0 aliphatic rings. The molecule has 8 aromatic carbocycles. The van der Waals surface area contributed by atoms with Crippen molar-refractivity contribution in [2.24, 2.45) is 0 Å². The molecule has 3 aromatic heterocycles. The second-order valence-corrected chi connectivity index (χ2v) is 14.2. The highest BCUT2D eigenvalue weighted by Gasteiger charge is 2.20. The van der Waals surface area contributed by atoms with Gasteiger partial charge in [0.2, 0.25) is 0 Å². The SMILES string of the molecule is c1ccc(-c2cc(-c3ccccc3)c3c(cc(-c4nc(-c5ccccc5)nc(-c5cccc(-n6c7ccccc7c7ccccc76)c5)n4)c4ccccc43)n2)cc1. The fraction of sp³-hybridized carbons (Fsp3) is 0. The van der Waals surface area contributed by atoms with Crippen LogP contribution in [0.5, 0.6) is 0 Å². The molecule has 57 heavy (non-hydrogen) atoms. The maximum Gasteiger partial charge on any atom is 0.164 e. The summed E-state index contributed by atoms with van der Waals surface area (Å²) in [5, 5.41) is 5.67. The number of pyridine rings is 1. The lowest BCUT2D eigenvalue weighted by Crippen LogP contribution is -2.02. The number of fused-ring (bicyclic) bond motifs is 6. The number of nitrogens with zero attached hydrogens (tertiary/aromatic N) is 5. The fourth-order valence-corrected chi connectivity index (χ4v) is 8.22. The summed E-state index contributed by atoms with van der Waals surface area (Å²) in [6.45, 7) is 0. The van der Waals surface area contributed by atoms with Crippen molar-refractivity contribution in [3.8, 4) is 62.2 Å². The highest BCUT2D eigenvalue weighted by molar-refractivity contribution is 6.18. The Morgan fingerprint density at radius 2 is 0.825 bits per heavy atom. The first kappa shape index (κ1) is 32.7. The minimum Gasteiger partial charge on any atom is -0.309 e. The molecule has 0 N–H and O–H groups in total. The van der Waals surface area contributed by atoms with Gasteiger partial charge in [-0.25, -0.2) is 19.9 Å². The van der Waals surface area contributed by atoms with Gasteiger partial charge in [-0.3, -0.25) is 0 Å². The van der Waals surface area contributed by atoms with Crippen LogP contribution in [-0.2, 0) is 0 Å². The largest absolute Gasteiger partial charge is 0.309 e. The second-order valence-electron chi connectivity index (χ2n) is 14.2. The maximum atomic E-state index is 5.34. The number of hydrogen-bond acceptors (Lipinski definition) is 4. The van der Waals surface area contributed by atoms with Crippen molar-refractivity contribution in [2.45, 2.75) is 0 Å². The van der Waals surface area contributed by atoms with Crippen molar-refractivity contribution < 1.29 is 0 Å². The average Bonchev–Trinajstić information content (AvgIpc) is 3.63. The second kappa shape index (κ2) is 13.5. The molecule has 0 amide bonds. The summed E-state index contributed by atoms with van der Waals surface area (Å²) in [6.07, 6.45) is 0. The van der Waals surface area contributed by atoms with Gasteiger partial charge in [-0.05, 0) is 58.3 Å². The highest BCUT2D eigenvalue weighted by atomic mass is 15.0. The molecule has 0 saturated heterocycles. The van der Waals surface area contributed by atoms with Crippen molar-refractivity contribution in [3.63, 3.8) is 0 Å². The monoisotopic (exact) mass is 727 g/mol. The van der Waals surface area contributed by atoms with Crippen LogP contribution in [0.25, 0.3) is 106 Å². The van der Waals surface area contributed by atoms with Crippen molar-refractivity contribution in [2.75, 3.05) is 0 Å². The van der Waals surface area contributed by atoms with Crippen molar-refractivity contribution >= 4 is 43.5 Å². The van der Waals surface area contributed by atoms with E-state index < -0.39 is 0 Å². The Morgan fingerprint density at radius 3 is 1.49 bits per heavy atom. The molecule has 0 bridgehead atoms. The third kappa shape index (κ3) is 5.64. The molecule has 0 saturated carbocycles. The first-order valence-electron chi connectivity index (χ1n) is 19.1. The Morgan fingerprint density at radius 1 is 0.316 bits per heavy atom. The van der Waals surface area contributed by atoms with E-state index in [-0.39, 0.29) is 0 Å². The third-order valence-electron chi connectivity index (χ3n) is 10.8. The Kier molecular flexibility index (Phi) is 7.74. The van der Waals surface area contributed by atoms with Crippen LogP contribution in [-0.4, -0.2) is 24.5 Å². The van der Waals surface area contributed by atoms with Gasteiger partial charge >= 0.3 is 0 Å². The number of para-hydroxylation sites is 2. The molecule has 0 fully saturated rings. The number of rotatable bonds is 6. The van der Waals surface area contributed by atoms with Crippen molar-refractivity contribution in [1.82, 2.24) is 24.5 Å². The summed E-state index contributed by atoms with van der Waals surface area (Å²) in [5.74, 6) is 1.80. The first-order chi connectivity index (χ1) is 28.3. The van der Waals surface area contributed by atoms with E-state index in [9.17, 15) is 0 Å². The molecular weight excluding hydrogens is 695 g/mol. The van der Waals surface area contributed by atoms with Crippen molar-refractivity contribution in [3.05, 3.63) is 200 Å². The lowest BCUT2D eigenvalue weighted by Gasteiger charge is -2.16. The minimum atomic E-state index is 0.590. The number of aromatic nitrogens is 5. The first-order valence-corrected chi connectivity index (χ1v) is 19.1. The maximum absolute atomic E-state index is 5.34. The smallest absolute Gasteiger partial charge is 0.164 e. The minimum absolute atomic E-state index is 0.590. The van der Waals surface area contributed by atoms with Crippen LogP contribution in [0.15, 0.2) is 200 Å². The van der Waals surface area contributed by atoms with E-state index in [1.807, 2.05) is 24.3 Å². The van der Waals surface area contributed by atoms with Crippen LogP contribution < -0.4 is 0 Å². The average molecular weight is 728 g/mol. The Balaban J connectivity index is 1.16. The topological polar surface area (TPSA) is 56.5 Å². The van der Waals surface area contributed by atoms with Crippen LogP contribution in [0.1, 0.15) is 0 Å². The molecule has 5 heteroatoms. The quantitative estimate of drug-likeness (QED) is 0.160. The van der Waals surface area contributed by atoms with Crippen LogP contribution in [0, 0.1) is 0 Å².